The number of unbranched alkanes of at least 4 members (excludes halogenated alkanes) is 5. The highest BCUT2D eigenvalue weighted by atomic mass is 16.5. The number of fused-ring (bicyclic) bond motifs is 1. The Hall–Kier alpha value is -2.29. The molecule has 6 nitrogen and oxygen atoms in total. The van der Waals surface area contributed by atoms with Gasteiger partial charge < -0.3 is 15.0 Å². The van der Waals surface area contributed by atoms with Crippen molar-refractivity contribution in [1.82, 2.24) is 10.2 Å². The summed E-state index contributed by atoms with van der Waals surface area (Å²) in [6.07, 6.45) is 17.7. The molecule has 1 aliphatic carbocycles. The molecule has 6 heteroatoms. The number of nitrogens with zero attached hydrogens (tertiary/aromatic N) is 1. The van der Waals surface area contributed by atoms with Gasteiger partial charge in [0.15, 0.2) is 0 Å². The van der Waals surface area contributed by atoms with E-state index in [2.05, 4.69) is 24.2 Å². The number of methoxy groups -OCH3 is 1. The van der Waals surface area contributed by atoms with Crippen LogP contribution >= 0.6 is 0 Å². The van der Waals surface area contributed by atoms with Crippen molar-refractivity contribution in [2.45, 2.75) is 84.0 Å². The fourth-order valence-corrected chi connectivity index (χ4v) is 4.93. The maximum Gasteiger partial charge on any atom is 0.317 e. The Kier molecular flexibility index (Phi) is 10.1. The Balaban J connectivity index is 2.25. The smallest absolute Gasteiger partial charge is 0.317 e. The minimum absolute atomic E-state index is 0.0412. The van der Waals surface area contributed by atoms with Gasteiger partial charge in [-0.15, -0.1) is 6.42 Å². The first-order valence-electron chi connectivity index (χ1n) is 11.8. The number of carbonyl (C=O) groups is 3. The lowest BCUT2D eigenvalue weighted by molar-refractivity contribution is -0.159. The van der Waals surface area contributed by atoms with Crippen molar-refractivity contribution in [2.24, 2.45) is 11.3 Å². The van der Waals surface area contributed by atoms with Crippen molar-refractivity contribution in [1.29, 1.82) is 0 Å². The average molecular weight is 431 g/mol. The Morgan fingerprint density at radius 3 is 2.71 bits per heavy atom. The highest BCUT2D eigenvalue weighted by molar-refractivity contribution is 5.92. The van der Waals surface area contributed by atoms with Gasteiger partial charge in [-0.3, -0.25) is 14.4 Å². The highest BCUT2D eigenvalue weighted by Gasteiger charge is 2.53. The molecule has 2 atom stereocenters. The Labute approximate surface area is 187 Å². The van der Waals surface area contributed by atoms with Crippen LogP contribution in [0.1, 0.15) is 84.0 Å². The molecule has 31 heavy (non-hydrogen) atoms. The second-order valence-electron chi connectivity index (χ2n) is 8.75. The molecule has 0 spiro atoms. The van der Waals surface area contributed by atoms with Crippen LogP contribution in [0.3, 0.4) is 0 Å². The molecule has 0 aromatic rings. The molecule has 0 radical (unpaired) electrons. The summed E-state index contributed by atoms with van der Waals surface area (Å²) >= 11 is 0. The molecule has 2 amide bonds. The zero-order valence-corrected chi connectivity index (χ0v) is 19.2. The normalized spacial score (nSPS) is 23.3. The summed E-state index contributed by atoms with van der Waals surface area (Å²) in [6.45, 7) is 2.91. The van der Waals surface area contributed by atoms with Crippen LogP contribution in [-0.2, 0) is 19.1 Å². The molecular weight excluding hydrogens is 392 g/mol. The third kappa shape index (κ3) is 6.35. The summed E-state index contributed by atoms with van der Waals surface area (Å²) in [5.41, 5.74) is -0.0472. The number of ether oxygens (including phenoxy) is 1. The van der Waals surface area contributed by atoms with E-state index in [-0.39, 0.29) is 30.7 Å². The molecule has 1 saturated heterocycles. The van der Waals surface area contributed by atoms with Crippen LogP contribution in [-0.4, -0.2) is 42.9 Å². The molecule has 0 unspecified atom stereocenters. The fraction of sp³-hybridized carbons (Fsp3) is 0.720. The molecule has 0 aromatic heterocycles. The van der Waals surface area contributed by atoms with Crippen molar-refractivity contribution < 1.29 is 19.1 Å². The lowest BCUT2D eigenvalue weighted by atomic mass is 9.69. The lowest BCUT2D eigenvalue weighted by Crippen LogP contribution is -2.53. The predicted molar refractivity (Wildman–Crippen MR) is 121 cm³/mol. The van der Waals surface area contributed by atoms with Gasteiger partial charge in [-0.05, 0) is 32.1 Å². The van der Waals surface area contributed by atoms with Crippen LogP contribution in [0.4, 0.5) is 0 Å². The van der Waals surface area contributed by atoms with Crippen LogP contribution < -0.4 is 5.32 Å². The van der Waals surface area contributed by atoms with E-state index < -0.39 is 11.3 Å². The third-order valence-electron chi connectivity index (χ3n) is 6.52. The number of rotatable bonds is 11. The SMILES string of the molecule is C#CCNC(=O)C[C@@H]1C[C@@]2(C(=O)OC)CCCCC=C2N(CCCCCCCC)C1=O. The van der Waals surface area contributed by atoms with Crippen molar-refractivity contribution in [3.8, 4) is 12.3 Å². The number of carbonyl (C=O) groups excluding carboxylic acids is 3. The summed E-state index contributed by atoms with van der Waals surface area (Å²) in [5, 5.41) is 2.65. The summed E-state index contributed by atoms with van der Waals surface area (Å²) in [6, 6.07) is 0. The van der Waals surface area contributed by atoms with E-state index in [1.807, 2.05) is 0 Å². The minimum Gasteiger partial charge on any atom is -0.468 e. The van der Waals surface area contributed by atoms with Gasteiger partial charge in [-0.25, -0.2) is 0 Å². The van der Waals surface area contributed by atoms with Crippen LogP contribution in [0.5, 0.6) is 0 Å². The summed E-state index contributed by atoms with van der Waals surface area (Å²) in [7, 11) is 1.41. The quantitative estimate of drug-likeness (QED) is 0.306. The number of terminal acetylenes is 1. The molecule has 2 rings (SSSR count). The second kappa shape index (κ2) is 12.5. The van der Waals surface area contributed by atoms with Crippen molar-refractivity contribution in [3.63, 3.8) is 0 Å². The molecule has 1 aliphatic heterocycles. The first kappa shape index (κ1) is 25.0. The highest BCUT2D eigenvalue weighted by Crippen LogP contribution is 2.49. The van der Waals surface area contributed by atoms with Crippen LogP contribution in [0.25, 0.3) is 0 Å². The number of allylic oxidation sites excluding steroid dienone is 1. The average Bonchev–Trinajstić information content (AvgIpc) is 2.99. The Bertz CT molecular complexity index is 709. The molecule has 1 fully saturated rings. The number of likely N-dealkylation sites (tertiary alicyclic amines) is 1. The van der Waals surface area contributed by atoms with E-state index in [1.165, 1.54) is 26.4 Å². The van der Waals surface area contributed by atoms with Crippen molar-refractivity contribution >= 4 is 17.8 Å². The largest absolute Gasteiger partial charge is 0.468 e. The molecule has 0 saturated carbocycles. The summed E-state index contributed by atoms with van der Waals surface area (Å²) < 4.78 is 5.23. The lowest BCUT2D eigenvalue weighted by Gasteiger charge is -2.46. The number of amides is 2. The maximum absolute atomic E-state index is 13.4. The van der Waals surface area contributed by atoms with Gasteiger partial charge in [0.1, 0.15) is 5.41 Å². The Morgan fingerprint density at radius 1 is 1.26 bits per heavy atom. The van der Waals surface area contributed by atoms with E-state index in [4.69, 9.17) is 11.2 Å². The standard InChI is InChI=1S/C25H38N2O4/c1-4-6-7-8-9-13-17-27-21-14-11-10-12-15-25(21,24(30)31-3)19-20(23(27)29)18-22(28)26-16-5-2/h2,14,20H,4,6-13,15-19H2,1,3H3,(H,26,28)/t20-,25+/m1/s1. The molecule has 0 aromatic carbocycles. The van der Waals surface area contributed by atoms with E-state index in [9.17, 15) is 14.4 Å². The van der Waals surface area contributed by atoms with Gasteiger partial charge in [0.2, 0.25) is 11.8 Å². The summed E-state index contributed by atoms with van der Waals surface area (Å²) in [5.74, 6) is 1.23. The molecule has 1 heterocycles. The first-order valence-corrected chi connectivity index (χ1v) is 11.8. The predicted octanol–water partition coefficient (Wildman–Crippen LogP) is 3.95. The van der Waals surface area contributed by atoms with Crippen LogP contribution in [0.15, 0.2) is 11.8 Å². The van der Waals surface area contributed by atoms with Gasteiger partial charge >= 0.3 is 5.97 Å². The zero-order chi connectivity index (χ0) is 22.7. The van der Waals surface area contributed by atoms with E-state index in [0.717, 1.165) is 44.2 Å². The Morgan fingerprint density at radius 2 is 2.00 bits per heavy atom. The molecule has 172 valence electrons. The van der Waals surface area contributed by atoms with Crippen LogP contribution in [0, 0.1) is 23.7 Å². The van der Waals surface area contributed by atoms with Gasteiger partial charge in [-0.2, -0.15) is 0 Å². The van der Waals surface area contributed by atoms with E-state index in [0.29, 0.717) is 19.4 Å². The zero-order valence-electron chi connectivity index (χ0n) is 19.2. The maximum atomic E-state index is 13.4. The topological polar surface area (TPSA) is 75.7 Å². The van der Waals surface area contributed by atoms with E-state index >= 15 is 0 Å². The first-order chi connectivity index (χ1) is 15.0. The second-order valence-corrected chi connectivity index (χ2v) is 8.75. The summed E-state index contributed by atoms with van der Waals surface area (Å²) in [4.78, 5) is 40.6. The van der Waals surface area contributed by atoms with Gasteiger partial charge in [0.05, 0.1) is 13.7 Å². The molecular formula is C25H38N2O4. The van der Waals surface area contributed by atoms with Gasteiger partial charge in [0.25, 0.3) is 0 Å². The number of nitrogens with one attached hydrogen (secondary N) is 1. The molecule has 2 aliphatic rings. The number of piperidine rings is 1. The van der Waals surface area contributed by atoms with Gasteiger partial charge in [0, 0.05) is 24.6 Å². The third-order valence-corrected chi connectivity index (χ3v) is 6.52. The number of hydrogen-bond donors (Lipinski definition) is 1. The van der Waals surface area contributed by atoms with Crippen molar-refractivity contribution in [2.75, 3.05) is 20.2 Å². The van der Waals surface area contributed by atoms with Crippen molar-refractivity contribution in [3.05, 3.63) is 11.8 Å². The van der Waals surface area contributed by atoms with Crippen LogP contribution in [0.2, 0.25) is 0 Å². The number of esters is 1. The monoisotopic (exact) mass is 430 g/mol. The minimum atomic E-state index is -0.849. The van der Waals surface area contributed by atoms with E-state index in [1.54, 1.807) is 4.90 Å². The fourth-order valence-electron chi connectivity index (χ4n) is 4.93. The molecule has 0 bridgehead atoms. The number of hydrogen-bond acceptors (Lipinski definition) is 4. The van der Waals surface area contributed by atoms with Gasteiger partial charge in [-0.1, -0.05) is 57.4 Å². The molecule has 1 N–H and O–H groups in total.